The molecule has 0 unspecified atom stereocenters. The number of hydrogen-bond acceptors (Lipinski definition) is 5. The average molecular weight is 396 g/mol. The fraction of sp³-hybridized carbons (Fsp3) is 0.143. The number of rotatable bonds is 6. The third-order valence-electron chi connectivity index (χ3n) is 4.41. The highest BCUT2D eigenvalue weighted by molar-refractivity contribution is 7.92. The van der Waals surface area contributed by atoms with E-state index in [2.05, 4.69) is 41.2 Å². The molecule has 0 aromatic heterocycles. The molecule has 4 rings (SSSR count). The zero-order valence-electron chi connectivity index (χ0n) is 15.3. The molecule has 28 heavy (non-hydrogen) atoms. The van der Waals surface area contributed by atoms with Crippen molar-refractivity contribution < 1.29 is 17.9 Å². The Kier molecular flexibility index (Phi) is 4.83. The van der Waals surface area contributed by atoms with Crippen molar-refractivity contribution in [1.82, 2.24) is 0 Å². The largest absolute Gasteiger partial charge is 0.454 e. The fourth-order valence-electron chi connectivity index (χ4n) is 2.82. The quantitative estimate of drug-likeness (QED) is 0.655. The molecule has 0 aliphatic carbocycles. The zero-order valence-corrected chi connectivity index (χ0v) is 16.1. The van der Waals surface area contributed by atoms with E-state index in [1.54, 1.807) is 18.2 Å². The van der Waals surface area contributed by atoms with Gasteiger partial charge in [-0.15, -0.1) is 0 Å². The Bertz CT molecular complexity index is 1080. The molecule has 144 valence electrons. The van der Waals surface area contributed by atoms with E-state index in [0.717, 1.165) is 5.69 Å². The third kappa shape index (κ3) is 4.04. The Hall–Kier alpha value is -3.19. The van der Waals surface area contributed by atoms with Crippen LogP contribution in [0.1, 0.15) is 11.1 Å². The number of fused-ring (bicyclic) bond motifs is 1. The number of nitrogens with one attached hydrogen (secondary N) is 2. The SMILES string of the molecule is Cc1ccc(CNc2ccc(NS(=O)(=O)c3ccc4c(c3)OCO4)cc2)cc1. The van der Waals surface area contributed by atoms with E-state index in [-0.39, 0.29) is 11.7 Å². The first kappa shape index (κ1) is 18.2. The number of hydrogen-bond donors (Lipinski definition) is 2. The van der Waals surface area contributed by atoms with Gasteiger partial charge in [-0.2, -0.15) is 0 Å². The second-order valence-electron chi connectivity index (χ2n) is 6.54. The first-order chi connectivity index (χ1) is 13.5. The number of anilines is 2. The van der Waals surface area contributed by atoms with Gasteiger partial charge in [0.2, 0.25) is 6.79 Å². The monoisotopic (exact) mass is 396 g/mol. The predicted octanol–water partition coefficient (Wildman–Crippen LogP) is 4.14. The number of aryl methyl sites for hydroxylation is 1. The summed E-state index contributed by atoms with van der Waals surface area (Å²) < 4.78 is 38.2. The Morgan fingerprint density at radius 2 is 1.54 bits per heavy atom. The van der Waals surface area contributed by atoms with Crippen LogP contribution < -0.4 is 19.5 Å². The van der Waals surface area contributed by atoms with Crippen LogP contribution in [0.5, 0.6) is 11.5 Å². The minimum absolute atomic E-state index is 0.101. The molecular formula is C21H20N2O4S. The Morgan fingerprint density at radius 1 is 0.857 bits per heavy atom. The lowest BCUT2D eigenvalue weighted by atomic mass is 10.1. The second kappa shape index (κ2) is 7.44. The van der Waals surface area contributed by atoms with Crippen LogP contribution in [0.2, 0.25) is 0 Å². The van der Waals surface area contributed by atoms with Gasteiger partial charge in [-0.1, -0.05) is 29.8 Å². The lowest BCUT2D eigenvalue weighted by molar-refractivity contribution is 0.174. The molecule has 1 heterocycles. The highest BCUT2D eigenvalue weighted by Crippen LogP contribution is 2.34. The van der Waals surface area contributed by atoms with Gasteiger partial charge in [0, 0.05) is 24.0 Å². The van der Waals surface area contributed by atoms with Crippen molar-refractivity contribution in [3.63, 3.8) is 0 Å². The minimum atomic E-state index is -3.71. The molecule has 0 radical (unpaired) electrons. The normalized spacial score (nSPS) is 12.6. The van der Waals surface area contributed by atoms with Crippen molar-refractivity contribution in [3.8, 4) is 11.5 Å². The molecule has 7 heteroatoms. The lowest BCUT2D eigenvalue weighted by Gasteiger charge is -2.11. The highest BCUT2D eigenvalue weighted by atomic mass is 32.2. The van der Waals surface area contributed by atoms with E-state index in [1.807, 2.05) is 12.1 Å². The summed E-state index contributed by atoms with van der Waals surface area (Å²) in [5.74, 6) is 0.974. The summed E-state index contributed by atoms with van der Waals surface area (Å²) in [4.78, 5) is 0.123. The first-order valence-corrected chi connectivity index (χ1v) is 10.3. The first-order valence-electron chi connectivity index (χ1n) is 8.82. The number of sulfonamides is 1. The van der Waals surface area contributed by atoms with Gasteiger partial charge in [0.15, 0.2) is 11.5 Å². The molecular weight excluding hydrogens is 376 g/mol. The molecule has 3 aromatic carbocycles. The maximum Gasteiger partial charge on any atom is 0.262 e. The molecule has 6 nitrogen and oxygen atoms in total. The van der Waals surface area contributed by atoms with Crippen LogP contribution in [-0.4, -0.2) is 15.2 Å². The van der Waals surface area contributed by atoms with Gasteiger partial charge in [0.1, 0.15) is 0 Å². The molecule has 0 fully saturated rings. The van der Waals surface area contributed by atoms with E-state index >= 15 is 0 Å². The molecule has 0 amide bonds. The standard InChI is InChI=1S/C21H20N2O4S/c1-15-2-4-16(5-3-15)13-22-17-6-8-18(9-7-17)23-28(24,25)19-10-11-20-21(12-19)27-14-26-20/h2-12,22-23H,13-14H2,1H3. The van der Waals surface area contributed by atoms with E-state index in [1.165, 1.54) is 23.3 Å². The van der Waals surface area contributed by atoms with Gasteiger partial charge in [0.25, 0.3) is 10.0 Å². The smallest absolute Gasteiger partial charge is 0.262 e. The van der Waals surface area contributed by atoms with Crippen LogP contribution in [0.25, 0.3) is 0 Å². The Labute approximate surface area is 164 Å². The van der Waals surface area contributed by atoms with E-state index < -0.39 is 10.0 Å². The molecule has 2 N–H and O–H groups in total. The molecule has 0 saturated carbocycles. The van der Waals surface area contributed by atoms with Gasteiger partial charge in [-0.3, -0.25) is 4.72 Å². The topological polar surface area (TPSA) is 76.7 Å². The number of benzene rings is 3. The third-order valence-corrected chi connectivity index (χ3v) is 5.79. The molecule has 1 aliphatic rings. The van der Waals surface area contributed by atoms with Crippen molar-refractivity contribution in [2.45, 2.75) is 18.4 Å². The molecule has 0 bridgehead atoms. The predicted molar refractivity (Wildman–Crippen MR) is 108 cm³/mol. The molecule has 0 saturated heterocycles. The summed E-state index contributed by atoms with van der Waals surface area (Å²) in [7, 11) is -3.71. The Balaban J connectivity index is 1.41. The van der Waals surface area contributed by atoms with Crippen molar-refractivity contribution in [2.75, 3.05) is 16.8 Å². The zero-order chi connectivity index (χ0) is 19.6. The van der Waals surface area contributed by atoms with E-state index in [9.17, 15) is 8.42 Å². The lowest BCUT2D eigenvalue weighted by Crippen LogP contribution is -2.12. The molecule has 0 atom stereocenters. The maximum atomic E-state index is 12.6. The number of ether oxygens (including phenoxy) is 2. The van der Waals surface area contributed by atoms with Crippen molar-refractivity contribution in [1.29, 1.82) is 0 Å². The fourth-order valence-corrected chi connectivity index (χ4v) is 3.90. The van der Waals surface area contributed by atoms with Crippen LogP contribution >= 0.6 is 0 Å². The Morgan fingerprint density at radius 3 is 2.29 bits per heavy atom. The van der Waals surface area contributed by atoms with Crippen molar-refractivity contribution >= 4 is 21.4 Å². The summed E-state index contributed by atoms with van der Waals surface area (Å²) in [5, 5.41) is 3.32. The summed E-state index contributed by atoms with van der Waals surface area (Å²) in [5.41, 5.74) is 3.80. The summed E-state index contributed by atoms with van der Waals surface area (Å²) in [6, 6.07) is 20.0. The molecule has 3 aromatic rings. The summed E-state index contributed by atoms with van der Waals surface area (Å²) in [6.45, 7) is 2.85. The second-order valence-corrected chi connectivity index (χ2v) is 8.22. The van der Waals surface area contributed by atoms with Crippen LogP contribution in [-0.2, 0) is 16.6 Å². The molecule has 0 spiro atoms. The van der Waals surface area contributed by atoms with Gasteiger partial charge < -0.3 is 14.8 Å². The van der Waals surface area contributed by atoms with E-state index in [4.69, 9.17) is 9.47 Å². The van der Waals surface area contributed by atoms with Gasteiger partial charge in [-0.25, -0.2) is 8.42 Å². The van der Waals surface area contributed by atoms with Crippen LogP contribution in [0.4, 0.5) is 11.4 Å². The summed E-state index contributed by atoms with van der Waals surface area (Å²) >= 11 is 0. The highest BCUT2D eigenvalue weighted by Gasteiger charge is 2.20. The van der Waals surface area contributed by atoms with Crippen molar-refractivity contribution in [2.24, 2.45) is 0 Å². The van der Waals surface area contributed by atoms with Gasteiger partial charge in [-0.05, 0) is 48.9 Å². The van der Waals surface area contributed by atoms with Gasteiger partial charge >= 0.3 is 0 Å². The summed E-state index contributed by atoms with van der Waals surface area (Å²) in [6.07, 6.45) is 0. The van der Waals surface area contributed by atoms with E-state index in [0.29, 0.717) is 23.7 Å². The van der Waals surface area contributed by atoms with Crippen molar-refractivity contribution in [3.05, 3.63) is 77.9 Å². The minimum Gasteiger partial charge on any atom is -0.454 e. The maximum absolute atomic E-state index is 12.6. The van der Waals surface area contributed by atoms with Crippen LogP contribution in [0, 0.1) is 6.92 Å². The van der Waals surface area contributed by atoms with Crippen LogP contribution in [0.15, 0.2) is 71.6 Å². The molecule has 1 aliphatic heterocycles. The van der Waals surface area contributed by atoms with Gasteiger partial charge in [0.05, 0.1) is 4.90 Å². The average Bonchev–Trinajstić information content (AvgIpc) is 3.16. The van der Waals surface area contributed by atoms with Crippen LogP contribution in [0.3, 0.4) is 0 Å².